The SMILES string of the molecule is CC(C)(N)CNC(=O)Nc1ccccc1Cl. The molecule has 1 aromatic rings. The predicted molar refractivity (Wildman–Crippen MR) is 66.7 cm³/mol. The van der Waals surface area contributed by atoms with Crippen LogP contribution >= 0.6 is 11.6 Å². The number of carbonyl (C=O) groups is 1. The van der Waals surface area contributed by atoms with E-state index in [9.17, 15) is 4.79 Å². The van der Waals surface area contributed by atoms with Gasteiger partial charge in [-0.15, -0.1) is 0 Å². The van der Waals surface area contributed by atoms with Gasteiger partial charge in [-0.1, -0.05) is 23.7 Å². The second kappa shape index (κ2) is 5.18. The van der Waals surface area contributed by atoms with Crippen molar-refractivity contribution >= 4 is 23.3 Å². The minimum atomic E-state index is -0.433. The van der Waals surface area contributed by atoms with E-state index in [4.69, 9.17) is 17.3 Å². The quantitative estimate of drug-likeness (QED) is 0.760. The molecule has 5 heteroatoms. The highest BCUT2D eigenvalue weighted by molar-refractivity contribution is 6.33. The molecule has 1 aromatic carbocycles. The topological polar surface area (TPSA) is 67.1 Å². The second-order valence-electron chi connectivity index (χ2n) is 4.28. The maximum absolute atomic E-state index is 11.5. The normalized spacial score (nSPS) is 11.0. The highest BCUT2D eigenvalue weighted by atomic mass is 35.5. The summed E-state index contributed by atoms with van der Waals surface area (Å²) in [5.74, 6) is 0. The maximum atomic E-state index is 11.5. The van der Waals surface area contributed by atoms with Crippen molar-refractivity contribution in [1.29, 1.82) is 0 Å². The molecule has 0 aliphatic rings. The fourth-order valence-electron chi connectivity index (χ4n) is 1.04. The summed E-state index contributed by atoms with van der Waals surface area (Å²) in [6, 6.07) is 6.73. The van der Waals surface area contributed by atoms with Crippen molar-refractivity contribution in [2.45, 2.75) is 19.4 Å². The summed E-state index contributed by atoms with van der Waals surface area (Å²) >= 11 is 5.89. The summed E-state index contributed by atoms with van der Waals surface area (Å²) in [6.07, 6.45) is 0. The number of nitrogens with two attached hydrogens (primary N) is 1. The first-order chi connectivity index (χ1) is 7.38. The molecule has 0 bridgehead atoms. The standard InChI is InChI=1S/C11H16ClN3O/c1-11(2,13)7-14-10(16)15-9-6-4-3-5-8(9)12/h3-6H,7,13H2,1-2H3,(H2,14,15,16). The van der Waals surface area contributed by atoms with Gasteiger partial charge in [-0.3, -0.25) is 0 Å². The Morgan fingerprint density at radius 1 is 1.44 bits per heavy atom. The molecule has 88 valence electrons. The summed E-state index contributed by atoms with van der Waals surface area (Å²) in [6.45, 7) is 4.06. The number of para-hydroxylation sites is 1. The van der Waals surface area contributed by atoms with Crippen LogP contribution in [0.1, 0.15) is 13.8 Å². The van der Waals surface area contributed by atoms with Crippen molar-refractivity contribution in [3.63, 3.8) is 0 Å². The first kappa shape index (κ1) is 12.8. The fraction of sp³-hybridized carbons (Fsp3) is 0.364. The van der Waals surface area contributed by atoms with Gasteiger partial charge in [0.15, 0.2) is 0 Å². The lowest BCUT2D eigenvalue weighted by molar-refractivity contribution is 0.250. The lowest BCUT2D eigenvalue weighted by atomic mass is 10.1. The number of rotatable bonds is 3. The average molecular weight is 242 g/mol. The number of hydrogen-bond acceptors (Lipinski definition) is 2. The monoisotopic (exact) mass is 241 g/mol. The Kier molecular flexibility index (Phi) is 4.15. The maximum Gasteiger partial charge on any atom is 0.319 e. The average Bonchev–Trinajstić information content (AvgIpc) is 2.18. The Bertz CT molecular complexity index is 374. The molecule has 2 amide bonds. The molecule has 0 saturated carbocycles. The van der Waals surface area contributed by atoms with E-state index >= 15 is 0 Å². The van der Waals surface area contributed by atoms with Crippen LogP contribution in [0.5, 0.6) is 0 Å². The van der Waals surface area contributed by atoms with Gasteiger partial charge >= 0.3 is 6.03 Å². The minimum absolute atomic E-state index is 0.313. The van der Waals surface area contributed by atoms with Crippen LogP contribution in [0.2, 0.25) is 5.02 Å². The third-order valence-corrected chi connectivity index (χ3v) is 2.16. The Morgan fingerprint density at radius 2 is 2.06 bits per heavy atom. The summed E-state index contributed by atoms with van der Waals surface area (Å²) < 4.78 is 0. The summed E-state index contributed by atoms with van der Waals surface area (Å²) in [5.41, 5.74) is 5.89. The van der Waals surface area contributed by atoms with Gasteiger partial charge in [-0.2, -0.15) is 0 Å². The van der Waals surface area contributed by atoms with Crippen molar-refractivity contribution in [3.8, 4) is 0 Å². The number of benzene rings is 1. The molecule has 0 spiro atoms. The molecule has 0 saturated heterocycles. The Hall–Kier alpha value is -1.26. The van der Waals surface area contributed by atoms with Gasteiger partial charge in [0.25, 0.3) is 0 Å². The zero-order valence-corrected chi connectivity index (χ0v) is 10.1. The largest absolute Gasteiger partial charge is 0.336 e. The Labute approximate surface area is 100 Å². The summed E-state index contributed by atoms with van der Waals surface area (Å²) in [5, 5.41) is 5.81. The number of anilines is 1. The van der Waals surface area contributed by atoms with Gasteiger partial charge in [-0.25, -0.2) is 4.79 Å². The summed E-state index contributed by atoms with van der Waals surface area (Å²) in [7, 11) is 0. The number of halogens is 1. The number of urea groups is 1. The van der Waals surface area contributed by atoms with Crippen molar-refractivity contribution in [2.24, 2.45) is 5.73 Å². The summed E-state index contributed by atoms with van der Waals surface area (Å²) in [4.78, 5) is 11.5. The third kappa shape index (κ3) is 4.51. The van der Waals surface area contributed by atoms with E-state index in [0.29, 0.717) is 17.3 Å². The van der Waals surface area contributed by atoms with Gasteiger partial charge in [0.1, 0.15) is 0 Å². The molecule has 0 fully saturated rings. The van der Waals surface area contributed by atoms with Crippen LogP contribution < -0.4 is 16.4 Å². The van der Waals surface area contributed by atoms with Gasteiger partial charge in [0, 0.05) is 12.1 Å². The molecule has 0 atom stereocenters. The molecule has 16 heavy (non-hydrogen) atoms. The zero-order chi connectivity index (χ0) is 12.2. The molecular weight excluding hydrogens is 226 g/mol. The van der Waals surface area contributed by atoms with Crippen LogP contribution in [0.4, 0.5) is 10.5 Å². The number of amides is 2. The van der Waals surface area contributed by atoms with E-state index in [0.717, 1.165) is 0 Å². The van der Waals surface area contributed by atoms with Gasteiger partial charge < -0.3 is 16.4 Å². The minimum Gasteiger partial charge on any atom is -0.336 e. The molecule has 4 nitrogen and oxygen atoms in total. The van der Waals surface area contributed by atoms with E-state index in [1.807, 2.05) is 13.8 Å². The number of hydrogen-bond donors (Lipinski definition) is 3. The van der Waals surface area contributed by atoms with Crippen molar-refractivity contribution in [1.82, 2.24) is 5.32 Å². The molecule has 1 rings (SSSR count). The smallest absolute Gasteiger partial charge is 0.319 e. The first-order valence-electron chi connectivity index (χ1n) is 4.97. The van der Waals surface area contributed by atoms with E-state index in [2.05, 4.69) is 10.6 Å². The van der Waals surface area contributed by atoms with E-state index in [1.165, 1.54) is 0 Å². The third-order valence-electron chi connectivity index (χ3n) is 1.83. The van der Waals surface area contributed by atoms with Crippen molar-refractivity contribution in [3.05, 3.63) is 29.3 Å². The van der Waals surface area contributed by atoms with Crippen LogP contribution in [0.3, 0.4) is 0 Å². The fourth-order valence-corrected chi connectivity index (χ4v) is 1.22. The Balaban J connectivity index is 2.50. The lowest BCUT2D eigenvalue weighted by Crippen LogP contribution is -2.46. The van der Waals surface area contributed by atoms with Crippen LogP contribution in [-0.4, -0.2) is 18.1 Å². The van der Waals surface area contributed by atoms with Crippen LogP contribution in [0.15, 0.2) is 24.3 Å². The molecule has 0 unspecified atom stereocenters. The van der Waals surface area contributed by atoms with E-state index in [1.54, 1.807) is 24.3 Å². The molecule has 4 N–H and O–H groups in total. The van der Waals surface area contributed by atoms with Gasteiger partial charge in [-0.05, 0) is 26.0 Å². The molecule has 0 heterocycles. The zero-order valence-electron chi connectivity index (χ0n) is 9.38. The van der Waals surface area contributed by atoms with E-state index in [-0.39, 0.29) is 6.03 Å². The lowest BCUT2D eigenvalue weighted by Gasteiger charge is -2.19. The molecule has 0 aliphatic carbocycles. The highest BCUT2D eigenvalue weighted by Gasteiger charge is 2.12. The second-order valence-corrected chi connectivity index (χ2v) is 4.68. The Morgan fingerprint density at radius 3 is 2.62 bits per heavy atom. The molecule has 0 radical (unpaired) electrons. The first-order valence-corrected chi connectivity index (χ1v) is 5.34. The van der Waals surface area contributed by atoms with Gasteiger partial charge in [0.05, 0.1) is 10.7 Å². The van der Waals surface area contributed by atoms with Crippen molar-refractivity contribution in [2.75, 3.05) is 11.9 Å². The van der Waals surface area contributed by atoms with Crippen LogP contribution in [0.25, 0.3) is 0 Å². The van der Waals surface area contributed by atoms with Crippen molar-refractivity contribution < 1.29 is 4.79 Å². The van der Waals surface area contributed by atoms with Crippen LogP contribution in [0, 0.1) is 0 Å². The van der Waals surface area contributed by atoms with E-state index < -0.39 is 5.54 Å². The predicted octanol–water partition coefficient (Wildman–Crippen LogP) is 2.20. The van der Waals surface area contributed by atoms with Crippen LogP contribution in [-0.2, 0) is 0 Å². The molecule has 0 aromatic heterocycles. The molecular formula is C11H16ClN3O. The highest BCUT2D eigenvalue weighted by Crippen LogP contribution is 2.19. The number of carbonyl (C=O) groups excluding carboxylic acids is 1. The molecule has 0 aliphatic heterocycles. The number of nitrogens with one attached hydrogen (secondary N) is 2. The van der Waals surface area contributed by atoms with Gasteiger partial charge in [0.2, 0.25) is 0 Å².